The first-order chi connectivity index (χ1) is 14.8. The smallest absolute Gasteiger partial charge is 0.251 e. The Labute approximate surface area is 190 Å². The highest BCUT2D eigenvalue weighted by atomic mass is 79.9. The van der Waals surface area contributed by atoms with Crippen LogP contribution in [0.2, 0.25) is 0 Å². The summed E-state index contributed by atoms with van der Waals surface area (Å²) in [5.74, 6) is -0.747. The molecule has 1 atom stereocenters. The summed E-state index contributed by atoms with van der Waals surface area (Å²) < 4.78 is 14.9. The van der Waals surface area contributed by atoms with E-state index in [0.717, 1.165) is 41.9 Å². The van der Waals surface area contributed by atoms with Crippen LogP contribution in [0, 0.1) is 5.82 Å². The zero-order valence-corrected chi connectivity index (χ0v) is 19.4. The normalized spacial score (nSPS) is 15.4. The van der Waals surface area contributed by atoms with Crippen LogP contribution in [0.1, 0.15) is 35.3 Å². The zero-order valence-electron chi connectivity index (χ0n) is 17.8. The molecule has 0 radical (unpaired) electrons. The first-order valence-electron chi connectivity index (χ1n) is 10.4. The Morgan fingerprint density at radius 2 is 1.77 bits per heavy atom. The molecular formula is C23H28BrFN4O2. The molecule has 1 unspecified atom stereocenters. The maximum Gasteiger partial charge on any atom is 0.251 e. The number of nitrogens with zero attached hydrogens (tertiary/aromatic N) is 2. The van der Waals surface area contributed by atoms with Gasteiger partial charge in [0.05, 0.1) is 6.04 Å². The summed E-state index contributed by atoms with van der Waals surface area (Å²) >= 11 is 3.33. The van der Waals surface area contributed by atoms with Crippen LogP contribution < -0.4 is 15.5 Å². The van der Waals surface area contributed by atoms with Crippen molar-refractivity contribution < 1.29 is 14.0 Å². The van der Waals surface area contributed by atoms with Crippen molar-refractivity contribution >= 4 is 33.4 Å². The van der Waals surface area contributed by atoms with E-state index in [-0.39, 0.29) is 36.6 Å². The lowest BCUT2D eigenvalue weighted by atomic mass is 10.0. The van der Waals surface area contributed by atoms with Gasteiger partial charge in [-0.05, 0) is 56.4 Å². The summed E-state index contributed by atoms with van der Waals surface area (Å²) in [5.41, 5.74) is 2.25. The molecule has 2 amide bonds. The van der Waals surface area contributed by atoms with E-state index in [4.69, 9.17) is 0 Å². The molecular weight excluding hydrogens is 463 g/mol. The minimum atomic E-state index is -0.347. The predicted octanol–water partition coefficient (Wildman–Crippen LogP) is 3.34. The summed E-state index contributed by atoms with van der Waals surface area (Å²) in [6, 6.07) is 11.4. The van der Waals surface area contributed by atoms with Gasteiger partial charge in [0.15, 0.2) is 0 Å². The molecule has 1 saturated heterocycles. The summed E-state index contributed by atoms with van der Waals surface area (Å²) in [7, 11) is 2.08. The molecule has 2 N–H and O–H groups in total. The lowest BCUT2D eigenvalue weighted by molar-refractivity contribution is -0.121. The molecule has 0 spiro atoms. The number of rotatable bonds is 7. The largest absolute Gasteiger partial charge is 0.369 e. The minimum absolute atomic E-state index is 0.145. The fraction of sp³-hybridized carbons (Fsp3) is 0.391. The molecule has 2 aromatic carbocycles. The highest BCUT2D eigenvalue weighted by Gasteiger charge is 2.21. The fourth-order valence-electron chi connectivity index (χ4n) is 3.59. The van der Waals surface area contributed by atoms with Crippen LogP contribution in [-0.4, -0.2) is 56.5 Å². The fourth-order valence-corrected chi connectivity index (χ4v) is 3.86. The van der Waals surface area contributed by atoms with Gasteiger partial charge in [-0.25, -0.2) is 4.39 Å². The third-order valence-corrected chi connectivity index (χ3v) is 5.95. The Hall–Kier alpha value is -2.45. The predicted molar refractivity (Wildman–Crippen MR) is 124 cm³/mol. The third kappa shape index (κ3) is 6.51. The molecule has 0 aromatic heterocycles. The number of nitrogens with one attached hydrogen (secondary N) is 2. The van der Waals surface area contributed by atoms with Crippen LogP contribution in [0.25, 0.3) is 0 Å². The number of hydrogen-bond acceptors (Lipinski definition) is 4. The van der Waals surface area contributed by atoms with E-state index in [1.165, 1.54) is 12.1 Å². The molecule has 8 heteroatoms. The van der Waals surface area contributed by atoms with Crippen LogP contribution in [0.15, 0.2) is 46.9 Å². The number of benzene rings is 2. The Balaban J connectivity index is 1.55. The Bertz CT molecular complexity index is 914. The molecule has 3 rings (SSSR count). The van der Waals surface area contributed by atoms with Crippen molar-refractivity contribution in [2.45, 2.75) is 19.4 Å². The number of hydrogen-bond donors (Lipinski definition) is 2. The third-order valence-electron chi connectivity index (χ3n) is 5.42. The van der Waals surface area contributed by atoms with Crippen molar-refractivity contribution in [3.05, 3.63) is 63.9 Å². The van der Waals surface area contributed by atoms with E-state index in [0.29, 0.717) is 5.56 Å². The zero-order chi connectivity index (χ0) is 22.4. The van der Waals surface area contributed by atoms with Gasteiger partial charge in [-0.3, -0.25) is 9.59 Å². The van der Waals surface area contributed by atoms with E-state index in [1.807, 2.05) is 6.92 Å². The Morgan fingerprint density at radius 1 is 1.10 bits per heavy atom. The molecule has 31 heavy (non-hydrogen) atoms. The Kier molecular flexibility index (Phi) is 8.03. The molecule has 0 aliphatic carbocycles. The first-order valence-corrected chi connectivity index (χ1v) is 11.2. The van der Waals surface area contributed by atoms with Gasteiger partial charge in [0.1, 0.15) is 5.82 Å². The number of halogens is 2. The quantitative estimate of drug-likeness (QED) is 0.624. The second-order valence-electron chi connectivity index (χ2n) is 7.80. The van der Waals surface area contributed by atoms with Crippen LogP contribution in [0.5, 0.6) is 0 Å². The van der Waals surface area contributed by atoms with E-state index >= 15 is 0 Å². The van der Waals surface area contributed by atoms with Gasteiger partial charge < -0.3 is 20.4 Å². The van der Waals surface area contributed by atoms with Gasteiger partial charge in [0, 0.05) is 60.4 Å². The topological polar surface area (TPSA) is 64.7 Å². The lowest BCUT2D eigenvalue weighted by Gasteiger charge is -2.36. The van der Waals surface area contributed by atoms with E-state index < -0.39 is 0 Å². The van der Waals surface area contributed by atoms with Crippen molar-refractivity contribution in [1.82, 2.24) is 15.5 Å². The number of anilines is 1. The maximum atomic E-state index is 14.0. The molecule has 1 fully saturated rings. The van der Waals surface area contributed by atoms with Gasteiger partial charge in [-0.15, -0.1) is 0 Å². The Morgan fingerprint density at radius 3 is 2.45 bits per heavy atom. The molecule has 1 aliphatic rings. The maximum absolute atomic E-state index is 14.0. The van der Waals surface area contributed by atoms with Crippen molar-refractivity contribution in [3.8, 4) is 0 Å². The monoisotopic (exact) mass is 490 g/mol. The second-order valence-corrected chi connectivity index (χ2v) is 8.71. The summed E-state index contributed by atoms with van der Waals surface area (Å²) in [5, 5.41) is 5.68. The van der Waals surface area contributed by atoms with Gasteiger partial charge >= 0.3 is 0 Å². The van der Waals surface area contributed by atoms with Crippen molar-refractivity contribution in [2.75, 3.05) is 44.7 Å². The molecule has 0 saturated carbocycles. The van der Waals surface area contributed by atoms with Crippen molar-refractivity contribution in [2.24, 2.45) is 0 Å². The molecule has 1 aliphatic heterocycles. The van der Waals surface area contributed by atoms with Gasteiger partial charge in [0.25, 0.3) is 5.91 Å². The average molecular weight is 491 g/mol. The minimum Gasteiger partial charge on any atom is -0.369 e. The number of carbonyl (C=O) groups is 2. The van der Waals surface area contributed by atoms with E-state index in [9.17, 15) is 14.0 Å². The molecule has 0 bridgehead atoms. The van der Waals surface area contributed by atoms with Gasteiger partial charge in [-0.2, -0.15) is 0 Å². The molecule has 166 valence electrons. The van der Waals surface area contributed by atoms with E-state index in [2.05, 4.69) is 43.4 Å². The summed E-state index contributed by atoms with van der Waals surface area (Å²) in [6.45, 7) is 5.68. The van der Waals surface area contributed by atoms with Crippen LogP contribution in [0.3, 0.4) is 0 Å². The van der Waals surface area contributed by atoms with Crippen molar-refractivity contribution in [1.29, 1.82) is 0 Å². The molecule has 2 aromatic rings. The van der Waals surface area contributed by atoms with Crippen LogP contribution >= 0.6 is 15.9 Å². The SMILES string of the molecule is CC(NC(=O)CCNC(=O)c1ccc(Br)cc1)c1cc(F)ccc1N1CCN(C)CC1. The number of amides is 2. The lowest BCUT2D eigenvalue weighted by Crippen LogP contribution is -2.45. The highest BCUT2D eigenvalue weighted by molar-refractivity contribution is 9.10. The average Bonchev–Trinajstić information content (AvgIpc) is 2.74. The number of piperazine rings is 1. The highest BCUT2D eigenvalue weighted by Crippen LogP contribution is 2.28. The number of likely N-dealkylation sites (N-methyl/N-ethyl adjacent to an activating group) is 1. The number of carbonyl (C=O) groups excluding carboxylic acids is 2. The summed E-state index contributed by atoms with van der Waals surface area (Å²) in [6.07, 6.45) is 0.145. The summed E-state index contributed by atoms with van der Waals surface area (Å²) in [4.78, 5) is 29.1. The molecule has 6 nitrogen and oxygen atoms in total. The van der Waals surface area contributed by atoms with E-state index in [1.54, 1.807) is 30.3 Å². The van der Waals surface area contributed by atoms with Crippen LogP contribution in [-0.2, 0) is 4.79 Å². The second kappa shape index (κ2) is 10.7. The van der Waals surface area contributed by atoms with Gasteiger partial charge in [-0.1, -0.05) is 15.9 Å². The van der Waals surface area contributed by atoms with Crippen molar-refractivity contribution in [3.63, 3.8) is 0 Å². The van der Waals surface area contributed by atoms with Gasteiger partial charge in [0.2, 0.25) is 5.91 Å². The standard InChI is InChI=1S/C23H28BrFN4O2/c1-16(20-15-19(25)7-8-21(20)29-13-11-28(2)12-14-29)27-22(30)9-10-26-23(31)17-3-5-18(24)6-4-17/h3-8,15-16H,9-14H2,1-2H3,(H,26,31)(H,27,30). The van der Waals surface area contributed by atoms with Crippen LogP contribution in [0.4, 0.5) is 10.1 Å². The first kappa shape index (κ1) is 23.2. The molecule has 1 heterocycles.